The van der Waals surface area contributed by atoms with Crippen LogP contribution in [-0.4, -0.2) is 41.6 Å². The van der Waals surface area contributed by atoms with Crippen LogP contribution in [0.1, 0.15) is 18.9 Å². The van der Waals surface area contributed by atoms with Gasteiger partial charge in [0.2, 0.25) is 5.91 Å². The second-order valence-corrected chi connectivity index (χ2v) is 6.11. The van der Waals surface area contributed by atoms with Crippen LogP contribution in [0.15, 0.2) is 30.3 Å². The van der Waals surface area contributed by atoms with Crippen molar-refractivity contribution in [3.05, 3.63) is 35.9 Å². The van der Waals surface area contributed by atoms with Crippen molar-refractivity contribution in [3.63, 3.8) is 0 Å². The predicted octanol–water partition coefficient (Wildman–Crippen LogP) is 1.58. The van der Waals surface area contributed by atoms with E-state index in [9.17, 15) is 9.90 Å². The Bertz CT molecular complexity index is 440. The minimum absolute atomic E-state index is 0.0431. The first-order valence-electron chi connectivity index (χ1n) is 6.82. The second-order valence-electron chi connectivity index (χ2n) is 5.12. The van der Waals surface area contributed by atoms with E-state index in [0.29, 0.717) is 18.8 Å². The zero-order chi connectivity index (χ0) is 14.4. The molecule has 0 saturated carbocycles. The molecule has 1 saturated heterocycles. The number of carbonyl (C=O) groups excluding carboxylic acids is 1. The molecule has 1 aromatic carbocycles. The summed E-state index contributed by atoms with van der Waals surface area (Å²) >= 11 is 1.57. The first-order valence-corrected chi connectivity index (χ1v) is 7.98. The molecule has 0 bridgehead atoms. The Labute approximate surface area is 123 Å². The number of amides is 1. The van der Waals surface area contributed by atoms with E-state index in [4.69, 9.17) is 4.74 Å². The molecule has 0 aliphatic carbocycles. The van der Waals surface area contributed by atoms with Crippen molar-refractivity contribution in [2.75, 3.05) is 18.9 Å². The van der Waals surface area contributed by atoms with Gasteiger partial charge >= 0.3 is 0 Å². The van der Waals surface area contributed by atoms with E-state index < -0.39 is 5.60 Å². The molecule has 2 rings (SSSR count). The first kappa shape index (κ1) is 15.4. The summed E-state index contributed by atoms with van der Waals surface area (Å²) in [4.78, 5) is 11.8. The van der Waals surface area contributed by atoms with Crippen LogP contribution in [0.3, 0.4) is 0 Å². The molecule has 2 atom stereocenters. The van der Waals surface area contributed by atoms with Gasteiger partial charge in [-0.25, -0.2) is 0 Å². The maximum absolute atomic E-state index is 11.8. The van der Waals surface area contributed by atoms with Gasteiger partial charge in [-0.2, -0.15) is 0 Å². The Hall–Kier alpha value is -1.04. The van der Waals surface area contributed by atoms with Crippen molar-refractivity contribution in [1.29, 1.82) is 0 Å². The van der Waals surface area contributed by atoms with Gasteiger partial charge in [0, 0.05) is 25.3 Å². The van der Waals surface area contributed by atoms with Crippen LogP contribution in [0.25, 0.3) is 0 Å². The smallest absolute Gasteiger partial charge is 0.230 e. The number of hydrogen-bond acceptors (Lipinski definition) is 4. The molecule has 20 heavy (non-hydrogen) atoms. The highest BCUT2D eigenvalue weighted by molar-refractivity contribution is 7.99. The molecule has 0 aromatic heterocycles. The Morgan fingerprint density at radius 1 is 1.50 bits per heavy atom. The molecule has 5 heteroatoms. The number of rotatable bonds is 6. The lowest BCUT2D eigenvalue weighted by Gasteiger charge is -2.26. The van der Waals surface area contributed by atoms with E-state index in [1.807, 2.05) is 37.3 Å². The number of benzene rings is 1. The third kappa shape index (κ3) is 4.23. The third-order valence-corrected chi connectivity index (χ3v) is 4.60. The number of hydrogen-bond donors (Lipinski definition) is 2. The number of thioether (sulfide) groups is 1. The fraction of sp³-hybridized carbons (Fsp3) is 0.533. The minimum atomic E-state index is -0.917. The Morgan fingerprint density at radius 2 is 2.25 bits per heavy atom. The molecule has 1 fully saturated rings. The van der Waals surface area contributed by atoms with Crippen molar-refractivity contribution < 1.29 is 14.6 Å². The zero-order valence-electron chi connectivity index (χ0n) is 11.7. The molecule has 2 unspecified atom stereocenters. The summed E-state index contributed by atoms with van der Waals surface area (Å²) in [6.07, 6.45) is 0.353. The second kappa shape index (κ2) is 7.11. The molecule has 110 valence electrons. The van der Waals surface area contributed by atoms with Crippen molar-refractivity contribution in [1.82, 2.24) is 5.32 Å². The summed E-state index contributed by atoms with van der Waals surface area (Å²) in [5, 5.41) is 13.1. The molecular formula is C15H21NO3S. The first-order chi connectivity index (χ1) is 9.60. The number of nitrogens with one attached hydrogen (secondary N) is 1. The van der Waals surface area contributed by atoms with Gasteiger partial charge in [0.05, 0.1) is 11.9 Å². The van der Waals surface area contributed by atoms with Crippen molar-refractivity contribution >= 4 is 17.7 Å². The van der Waals surface area contributed by atoms with E-state index in [1.165, 1.54) is 5.56 Å². The van der Waals surface area contributed by atoms with Crippen LogP contribution in [0.2, 0.25) is 0 Å². The van der Waals surface area contributed by atoms with Crippen molar-refractivity contribution in [3.8, 4) is 0 Å². The largest absolute Gasteiger partial charge is 0.385 e. The molecule has 4 nitrogen and oxygen atoms in total. The van der Waals surface area contributed by atoms with Gasteiger partial charge in [-0.1, -0.05) is 30.3 Å². The lowest BCUT2D eigenvalue weighted by molar-refractivity contribution is -0.120. The number of aliphatic hydroxyl groups is 1. The molecule has 2 N–H and O–H groups in total. The van der Waals surface area contributed by atoms with Gasteiger partial charge < -0.3 is 15.2 Å². The molecule has 1 aromatic rings. The maximum atomic E-state index is 11.8. The van der Waals surface area contributed by atoms with E-state index in [1.54, 1.807) is 11.8 Å². The highest BCUT2D eigenvalue weighted by Gasteiger charge is 2.39. The van der Waals surface area contributed by atoms with Crippen molar-refractivity contribution in [2.24, 2.45) is 0 Å². The van der Waals surface area contributed by atoms with Gasteiger partial charge in [0.15, 0.2) is 0 Å². The Kier molecular flexibility index (Phi) is 5.46. The summed E-state index contributed by atoms with van der Waals surface area (Å²) in [6, 6.07) is 10.1. The van der Waals surface area contributed by atoms with E-state index in [0.717, 1.165) is 5.75 Å². The minimum Gasteiger partial charge on any atom is -0.385 e. The van der Waals surface area contributed by atoms with Gasteiger partial charge in [-0.15, -0.1) is 11.8 Å². The SMILES string of the molecule is CC1OCCC1(O)CNC(=O)CSCc1ccccc1. The fourth-order valence-corrected chi connectivity index (χ4v) is 2.96. The number of carbonyl (C=O) groups is 1. The van der Waals surface area contributed by atoms with Crippen LogP contribution in [0, 0.1) is 0 Å². The summed E-state index contributed by atoms with van der Waals surface area (Å²) in [5.74, 6) is 1.18. The van der Waals surface area contributed by atoms with Crippen molar-refractivity contribution in [2.45, 2.75) is 30.8 Å². The van der Waals surface area contributed by atoms with E-state index in [2.05, 4.69) is 5.32 Å². The Morgan fingerprint density at radius 3 is 2.90 bits per heavy atom. The van der Waals surface area contributed by atoms with Gasteiger partial charge in [-0.3, -0.25) is 4.79 Å². The summed E-state index contributed by atoms with van der Waals surface area (Å²) in [6.45, 7) is 2.65. The monoisotopic (exact) mass is 295 g/mol. The highest BCUT2D eigenvalue weighted by Crippen LogP contribution is 2.24. The average Bonchev–Trinajstić information content (AvgIpc) is 2.78. The third-order valence-electron chi connectivity index (χ3n) is 3.60. The lowest BCUT2D eigenvalue weighted by Crippen LogP contribution is -2.47. The molecule has 1 heterocycles. The molecular weight excluding hydrogens is 274 g/mol. The summed E-state index contributed by atoms with van der Waals surface area (Å²) < 4.78 is 5.33. The average molecular weight is 295 g/mol. The molecule has 0 spiro atoms. The normalized spacial score (nSPS) is 25.6. The highest BCUT2D eigenvalue weighted by atomic mass is 32.2. The van der Waals surface area contributed by atoms with Gasteiger partial charge in [-0.05, 0) is 12.5 Å². The maximum Gasteiger partial charge on any atom is 0.230 e. The molecule has 1 amide bonds. The van der Waals surface area contributed by atoms with Crippen LogP contribution in [0.5, 0.6) is 0 Å². The van der Waals surface area contributed by atoms with Crippen LogP contribution >= 0.6 is 11.8 Å². The van der Waals surface area contributed by atoms with Gasteiger partial charge in [0.25, 0.3) is 0 Å². The predicted molar refractivity (Wildman–Crippen MR) is 80.6 cm³/mol. The molecule has 1 aliphatic rings. The molecule has 1 aliphatic heterocycles. The topological polar surface area (TPSA) is 58.6 Å². The summed E-state index contributed by atoms with van der Waals surface area (Å²) in [5.41, 5.74) is 0.293. The lowest BCUT2D eigenvalue weighted by atomic mass is 9.97. The number of ether oxygens (including phenoxy) is 1. The van der Waals surface area contributed by atoms with Crippen LogP contribution in [-0.2, 0) is 15.3 Å². The Balaban J connectivity index is 1.66. The van der Waals surface area contributed by atoms with Crippen LogP contribution < -0.4 is 5.32 Å². The van der Waals surface area contributed by atoms with Crippen LogP contribution in [0.4, 0.5) is 0 Å². The summed E-state index contributed by atoms with van der Waals surface area (Å²) in [7, 11) is 0. The van der Waals surface area contributed by atoms with Gasteiger partial charge in [0.1, 0.15) is 5.60 Å². The van der Waals surface area contributed by atoms with E-state index >= 15 is 0 Å². The quantitative estimate of drug-likeness (QED) is 0.836. The standard InChI is InChI=1S/C15H21NO3S/c1-12-15(18,7-8-19-12)11-16-14(17)10-20-9-13-5-3-2-4-6-13/h2-6,12,18H,7-11H2,1H3,(H,16,17). The van der Waals surface area contributed by atoms with E-state index in [-0.39, 0.29) is 18.6 Å². The zero-order valence-corrected chi connectivity index (χ0v) is 12.5. The fourth-order valence-electron chi connectivity index (χ4n) is 2.14. The molecule has 0 radical (unpaired) electrons.